The highest BCUT2D eigenvalue weighted by atomic mass is 15.1. The summed E-state index contributed by atoms with van der Waals surface area (Å²) in [6, 6.07) is 1.45. The molecular formula is C14H29N3. The molecule has 2 aliphatic rings. The van der Waals surface area contributed by atoms with Gasteiger partial charge in [-0.3, -0.25) is 0 Å². The number of hydrogen-bond acceptors (Lipinski definition) is 3. The minimum atomic E-state index is 0.701. The van der Waals surface area contributed by atoms with E-state index >= 15 is 0 Å². The predicted molar refractivity (Wildman–Crippen MR) is 73.1 cm³/mol. The quantitative estimate of drug-likeness (QED) is 0.782. The highest BCUT2D eigenvalue weighted by molar-refractivity contribution is 4.86. The summed E-state index contributed by atoms with van der Waals surface area (Å²) in [6.07, 6.45) is 8.09. The lowest BCUT2D eigenvalue weighted by Crippen LogP contribution is -2.50. The van der Waals surface area contributed by atoms with Gasteiger partial charge in [0.05, 0.1) is 0 Å². The molecule has 1 saturated heterocycles. The summed E-state index contributed by atoms with van der Waals surface area (Å²) in [7, 11) is 0. The highest BCUT2D eigenvalue weighted by Gasteiger charge is 2.27. The lowest BCUT2D eigenvalue weighted by atomic mass is 9.83. The SMILES string of the molecule is CCN1CCC(NC2CCCCC2CN)CC1. The number of piperidine rings is 1. The summed E-state index contributed by atoms with van der Waals surface area (Å²) in [5, 5.41) is 3.90. The Kier molecular flexibility index (Phi) is 5.26. The molecule has 1 heterocycles. The van der Waals surface area contributed by atoms with Crippen LogP contribution in [0.1, 0.15) is 45.4 Å². The van der Waals surface area contributed by atoms with Crippen molar-refractivity contribution in [1.29, 1.82) is 0 Å². The number of likely N-dealkylation sites (tertiary alicyclic amines) is 1. The Labute approximate surface area is 106 Å². The molecule has 2 rings (SSSR count). The first kappa shape index (κ1) is 13.3. The number of nitrogens with zero attached hydrogens (tertiary/aromatic N) is 1. The summed E-state index contributed by atoms with van der Waals surface area (Å²) < 4.78 is 0. The van der Waals surface area contributed by atoms with E-state index in [1.165, 1.54) is 58.2 Å². The van der Waals surface area contributed by atoms with Crippen LogP contribution in [0.25, 0.3) is 0 Å². The maximum absolute atomic E-state index is 5.89. The zero-order chi connectivity index (χ0) is 12.1. The monoisotopic (exact) mass is 239 g/mol. The second-order valence-electron chi connectivity index (χ2n) is 5.76. The van der Waals surface area contributed by atoms with Crippen LogP contribution < -0.4 is 11.1 Å². The van der Waals surface area contributed by atoms with Crippen molar-refractivity contribution >= 4 is 0 Å². The van der Waals surface area contributed by atoms with Crippen molar-refractivity contribution in [3.8, 4) is 0 Å². The van der Waals surface area contributed by atoms with Gasteiger partial charge in [0.2, 0.25) is 0 Å². The van der Waals surface area contributed by atoms with Gasteiger partial charge in [-0.05, 0) is 57.8 Å². The molecule has 0 aromatic carbocycles. The summed E-state index contributed by atoms with van der Waals surface area (Å²) in [5.41, 5.74) is 5.89. The number of hydrogen-bond donors (Lipinski definition) is 2. The van der Waals surface area contributed by atoms with Crippen molar-refractivity contribution in [2.75, 3.05) is 26.2 Å². The Balaban J connectivity index is 1.76. The fourth-order valence-electron chi connectivity index (χ4n) is 3.43. The van der Waals surface area contributed by atoms with Gasteiger partial charge in [-0.25, -0.2) is 0 Å². The first-order valence-electron chi connectivity index (χ1n) is 7.52. The third-order valence-electron chi connectivity index (χ3n) is 4.70. The lowest BCUT2D eigenvalue weighted by molar-refractivity contribution is 0.173. The average Bonchev–Trinajstić information content (AvgIpc) is 2.40. The van der Waals surface area contributed by atoms with E-state index in [2.05, 4.69) is 17.1 Å². The van der Waals surface area contributed by atoms with Crippen LogP contribution in [0.5, 0.6) is 0 Å². The first-order chi connectivity index (χ1) is 8.33. The van der Waals surface area contributed by atoms with Crippen molar-refractivity contribution in [2.45, 2.75) is 57.5 Å². The number of nitrogens with two attached hydrogens (primary N) is 1. The summed E-state index contributed by atoms with van der Waals surface area (Å²) >= 11 is 0. The van der Waals surface area contributed by atoms with Crippen LogP contribution in [0.3, 0.4) is 0 Å². The van der Waals surface area contributed by atoms with E-state index in [0.717, 1.165) is 18.5 Å². The van der Waals surface area contributed by atoms with Crippen molar-refractivity contribution in [1.82, 2.24) is 10.2 Å². The van der Waals surface area contributed by atoms with Gasteiger partial charge < -0.3 is 16.0 Å². The van der Waals surface area contributed by atoms with Crippen LogP contribution >= 0.6 is 0 Å². The zero-order valence-electron chi connectivity index (χ0n) is 11.3. The lowest BCUT2D eigenvalue weighted by Gasteiger charge is -2.38. The summed E-state index contributed by atoms with van der Waals surface area (Å²) in [4.78, 5) is 2.56. The molecule has 2 atom stereocenters. The van der Waals surface area contributed by atoms with Crippen molar-refractivity contribution in [3.63, 3.8) is 0 Å². The van der Waals surface area contributed by atoms with Crippen molar-refractivity contribution in [2.24, 2.45) is 11.7 Å². The summed E-state index contributed by atoms with van der Waals surface area (Å²) in [6.45, 7) is 6.88. The van der Waals surface area contributed by atoms with E-state index in [9.17, 15) is 0 Å². The van der Waals surface area contributed by atoms with Crippen molar-refractivity contribution < 1.29 is 0 Å². The van der Waals surface area contributed by atoms with Crippen LogP contribution in [-0.4, -0.2) is 43.2 Å². The molecule has 100 valence electrons. The Bertz CT molecular complexity index is 212. The molecule has 0 spiro atoms. The van der Waals surface area contributed by atoms with E-state index in [-0.39, 0.29) is 0 Å². The maximum Gasteiger partial charge on any atom is 0.0110 e. The molecule has 3 heteroatoms. The van der Waals surface area contributed by atoms with Crippen LogP contribution in [-0.2, 0) is 0 Å². The molecule has 1 aliphatic heterocycles. The predicted octanol–water partition coefficient (Wildman–Crippen LogP) is 1.58. The molecule has 0 amide bonds. The first-order valence-corrected chi connectivity index (χ1v) is 7.52. The van der Waals surface area contributed by atoms with Gasteiger partial charge in [0.25, 0.3) is 0 Å². The molecule has 0 bridgehead atoms. The molecule has 17 heavy (non-hydrogen) atoms. The largest absolute Gasteiger partial charge is 0.330 e. The normalized spacial score (nSPS) is 32.8. The van der Waals surface area contributed by atoms with Gasteiger partial charge in [-0.1, -0.05) is 19.8 Å². The fraction of sp³-hybridized carbons (Fsp3) is 1.00. The van der Waals surface area contributed by atoms with Crippen LogP contribution in [0.4, 0.5) is 0 Å². The molecule has 1 saturated carbocycles. The van der Waals surface area contributed by atoms with Crippen LogP contribution in [0.15, 0.2) is 0 Å². The molecule has 2 unspecified atom stereocenters. The van der Waals surface area contributed by atoms with Gasteiger partial charge in [0.15, 0.2) is 0 Å². The third-order valence-corrected chi connectivity index (χ3v) is 4.70. The third kappa shape index (κ3) is 3.67. The molecule has 0 radical (unpaired) electrons. The topological polar surface area (TPSA) is 41.3 Å². The molecule has 3 N–H and O–H groups in total. The van der Waals surface area contributed by atoms with Gasteiger partial charge in [-0.2, -0.15) is 0 Å². The van der Waals surface area contributed by atoms with Crippen molar-refractivity contribution in [3.05, 3.63) is 0 Å². The molecule has 2 fully saturated rings. The maximum atomic E-state index is 5.89. The molecule has 0 aromatic rings. The van der Waals surface area contributed by atoms with E-state index in [4.69, 9.17) is 5.73 Å². The van der Waals surface area contributed by atoms with E-state index in [1.54, 1.807) is 0 Å². The van der Waals surface area contributed by atoms with E-state index < -0.39 is 0 Å². The minimum Gasteiger partial charge on any atom is -0.330 e. The van der Waals surface area contributed by atoms with Gasteiger partial charge in [0.1, 0.15) is 0 Å². The van der Waals surface area contributed by atoms with Gasteiger partial charge >= 0.3 is 0 Å². The summed E-state index contributed by atoms with van der Waals surface area (Å²) in [5.74, 6) is 0.730. The highest BCUT2D eigenvalue weighted by Crippen LogP contribution is 2.25. The Morgan fingerprint density at radius 1 is 1.12 bits per heavy atom. The molecule has 3 nitrogen and oxygen atoms in total. The Hall–Kier alpha value is -0.120. The van der Waals surface area contributed by atoms with Gasteiger partial charge in [-0.15, -0.1) is 0 Å². The van der Waals surface area contributed by atoms with E-state index in [0.29, 0.717) is 6.04 Å². The molecule has 1 aliphatic carbocycles. The second-order valence-corrected chi connectivity index (χ2v) is 5.76. The molecule has 0 aromatic heterocycles. The Morgan fingerprint density at radius 2 is 1.82 bits per heavy atom. The standard InChI is InChI=1S/C14H29N3/c1-2-17-9-7-13(8-10-17)16-14-6-4-3-5-12(14)11-15/h12-14,16H,2-11,15H2,1H3. The van der Waals surface area contributed by atoms with Gasteiger partial charge in [0, 0.05) is 12.1 Å². The molecular weight excluding hydrogens is 210 g/mol. The zero-order valence-corrected chi connectivity index (χ0v) is 11.3. The average molecular weight is 239 g/mol. The Morgan fingerprint density at radius 3 is 2.47 bits per heavy atom. The fourth-order valence-corrected chi connectivity index (χ4v) is 3.43. The second kappa shape index (κ2) is 6.72. The smallest absolute Gasteiger partial charge is 0.0110 e. The van der Waals surface area contributed by atoms with E-state index in [1.807, 2.05) is 0 Å². The van der Waals surface area contributed by atoms with Crippen LogP contribution in [0, 0.1) is 5.92 Å². The number of nitrogens with one attached hydrogen (secondary N) is 1. The minimum absolute atomic E-state index is 0.701. The van der Waals surface area contributed by atoms with Crippen LogP contribution in [0.2, 0.25) is 0 Å². The number of rotatable bonds is 4.